The molecule has 0 aliphatic carbocycles. The summed E-state index contributed by atoms with van der Waals surface area (Å²) in [6.45, 7) is 6.92. The summed E-state index contributed by atoms with van der Waals surface area (Å²) in [4.78, 5) is 34.3. The summed E-state index contributed by atoms with van der Waals surface area (Å²) in [5.74, 6) is 0.543. The fraction of sp³-hybridized carbons (Fsp3) is 0.360. The standard InChI is InChI=1S/C25H28Cl2N6O2S/c1-16(2)22(28-24(35)19-9-8-17(26)14-20(19)27)23-29-25(31-30-23)36-15-21(34)33-12-10-32(11-13-33)18-6-4-3-5-7-18/h3-9,14,16,22H,10-13,15H2,1-2H3,(H,28,35)(H,29,30,31)/t22-/m0/s1. The lowest BCUT2D eigenvalue weighted by molar-refractivity contribution is -0.128. The van der Waals surface area contributed by atoms with Crippen molar-refractivity contribution >= 4 is 52.5 Å². The number of carbonyl (C=O) groups is 2. The molecular formula is C25H28Cl2N6O2S. The summed E-state index contributed by atoms with van der Waals surface area (Å²) >= 11 is 13.4. The Morgan fingerprint density at radius 2 is 1.81 bits per heavy atom. The normalized spacial score (nSPS) is 14.7. The number of nitrogens with one attached hydrogen (secondary N) is 2. The second-order valence-corrected chi connectivity index (χ2v) is 10.6. The third-order valence-electron chi connectivity index (χ3n) is 5.98. The van der Waals surface area contributed by atoms with Gasteiger partial charge in [0.1, 0.15) is 5.82 Å². The van der Waals surface area contributed by atoms with Crippen LogP contribution in [-0.2, 0) is 4.79 Å². The zero-order valence-corrected chi connectivity index (χ0v) is 22.4. The molecule has 1 aliphatic rings. The van der Waals surface area contributed by atoms with Crippen molar-refractivity contribution in [3.05, 3.63) is 70.0 Å². The zero-order chi connectivity index (χ0) is 25.7. The van der Waals surface area contributed by atoms with Crippen molar-refractivity contribution in [2.75, 3.05) is 36.8 Å². The third-order valence-corrected chi connectivity index (χ3v) is 7.36. The molecule has 36 heavy (non-hydrogen) atoms. The number of benzene rings is 2. The Labute approximate surface area is 224 Å². The topological polar surface area (TPSA) is 94.2 Å². The number of aromatic amines is 1. The largest absolute Gasteiger partial charge is 0.368 e. The van der Waals surface area contributed by atoms with Gasteiger partial charge in [0.2, 0.25) is 11.1 Å². The molecule has 1 fully saturated rings. The number of hydrogen-bond acceptors (Lipinski definition) is 6. The van der Waals surface area contributed by atoms with E-state index in [4.69, 9.17) is 23.2 Å². The van der Waals surface area contributed by atoms with Crippen LogP contribution in [0.3, 0.4) is 0 Å². The maximum atomic E-state index is 12.8. The second kappa shape index (κ2) is 12.0. The number of anilines is 1. The molecule has 2 N–H and O–H groups in total. The second-order valence-electron chi connectivity index (χ2n) is 8.81. The van der Waals surface area contributed by atoms with Crippen molar-refractivity contribution in [3.63, 3.8) is 0 Å². The zero-order valence-electron chi connectivity index (χ0n) is 20.1. The molecule has 8 nitrogen and oxygen atoms in total. The molecule has 4 rings (SSSR count). The van der Waals surface area contributed by atoms with Gasteiger partial charge < -0.3 is 15.1 Å². The molecule has 11 heteroatoms. The highest BCUT2D eigenvalue weighted by Gasteiger charge is 2.25. The van der Waals surface area contributed by atoms with Crippen LogP contribution in [0.4, 0.5) is 5.69 Å². The number of carbonyl (C=O) groups excluding carboxylic acids is 2. The van der Waals surface area contributed by atoms with Crippen LogP contribution in [0.2, 0.25) is 10.0 Å². The first-order valence-electron chi connectivity index (χ1n) is 11.7. The number of piperazine rings is 1. The minimum absolute atomic E-state index is 0.0355. The van der Waals surface area contributed by atoms with E-state index in [1.165, 1.54) is 23.5 Å². The van der Waals surface area contributed by atoms with E-state index in [0.717, 1.165) is 13.1 Å². The molecular weight excluding hydrogens is 519 g/mol. The Balaban J connectivity index is 1.31. The Morgan fingerprint density at radius 1 is 1.08 bits per heavy atom. The Morgan fingerprint density at radius 3 is 2.47 bits per heavy atom. The third kappa shape index (κ3) is 6.52. The predicted octanol–water partition coefficient (Wildman–Crippen LogP) is 4.68. The van der Waals surface area contributed by atoms with Crippen LogP contribution in [0.5, 0.6) is 0 Å². The van der Waals surface area contributed by atoms with Crippen LogP contribution in [0.15, 0.2) is 53.7 Å². The van der Waals surface area contributed by atoms with Gasteiger partial charge in [-0.15, -0.1) is 5.10 Å². The molecule has 2 aromatic carbocycles. The van der Waals surface area contributed by atoms with E-state index in [2.05, 4.69) is 37.5 Å². The van der Waals surface area contributed by atoms with Crippen LogP contribution in [-0.4, -0.2) is 63.8 Å². The number of thioether (sulfide) groups is 1. The summed E-state index contributed by atoms with van der Waals surface area (Å²) in [6.07, 6.45) is 0. The summed E-state index contributed by atoms with van der Waals surface area (Å²) in [7, 11) is 0. The molecule has 2 amide bonds. The number of amides is 2. The SMILES string of the molecule is CC(C)[C@H](NC(=O)c1ccc(Cl)cc1Cl)c1nc(SCC(=O)N2CCN(c3ccccc3)CC2)n[nH]1. The summed E-state index contributed by atoms with van der Waals surface area (Å²) in [6, 6.07) is 14.6. The van der Waals surface area contributed by atoms with E-state index in [-0.39, 0.29) is 28.5 Å². The first kappa shape index (κ1) is 26.3. The van der Waals surface area contributed by atoms with Crippen molar-refractivity contribution in [2.45, 2.75) is 25.0 Å². The number of aromatic nitrogens is 3. The van der Waals surface area contributed by atoms with Gasteiger partial charge in [0.15, 0.2) is 0 Å². The molecule has 1 aromatic heterocycles. The fourth-order valence-corrected chi connectivity index (χ4v) is 5.18. The van der Waals surface area contributed by atoms with Gasteiger partial charge in [-0.3, -0.25) is 14.7 Å². The molecule has 0 spiro atoms. The maximum absolute atomic E-state index is 12.8. The average molecular weight is 548 g/mol. The van der Waals surface area contributed by atoms with E-state index in [0.29, 0.717) is 34.7 Å². The molecule has 0 radical (unpaired) electrons. The monoisotopic (exact) mass is 546 g/mol. The van der Waals surface area contributed by atoms with E-state index in [9.17, 15) is 9.59 Å². The smallest absolute Gasteiger partial charge is 0.253 e. The van der Waals surface area contributed by atoms with Crippen molar-refractivity contribution < 1.29 is 9.59 Å². The van der Waals surface area contributed by atoms with Crippen LogP contribution in [0, 0.1) is 5.92 Å². The van der Waals surface area contributed by atoms with Gasteiger partial charge in [0.25, 0.3) is 5.91 Å². The van der Waals surface area contributed by atoms with Crippen LogP contribution in [0.25, 0.3) is 0 Å². The quantitative estimate of drug-likeness (QED) is 0.398. The number of hydrogen-bond donors (Lipinski definition) is 2. The van der Waals surface area contributed by atoms with Crippen molar-refractivity contribution in [1.29, 1.82) is 0 Å². The number of H-pyrrole nitrogens is 1. The van der Waals surface area contributed by atoms with E-state index < -0.39 is 6.04 Å². The highest BCUT2D eigenvalue weighted by Crippen LogP contribution is 2.25. The summed E-state index contributed by atoms with van der Waals surface area (Å²) in [5.41, 5.74) is 1.51. The number of halogens is 2. The van der Waals surface area contributed by atoms with Gasteiger partial charge in [-0.2, -0.15) is 0 Å². The molecule has 1 atom stereocenters. The molecule has 0 unspecified atom stereocenters. The van der Waals surface area contributed by atoms with E-state index in [1.807, 2.05) is 36.9 Å². The molecule has 190 valence electrons. The van der Waals surface area contributed by atoms with Gasteiger partial charge in [0, 0.05) is 36.9 Å². The molecule has 0 saturated carbocycles. The number of nitrogens with zero attached hydrogens (tertiary/aromatic N) is 4. The van der Waals surface area contributed by atoms with Gasteiger partial charge in [0.05, 0.1) is 22.4 Å². The maximum Gasteiger partial charge on any atom is 0.253 e. The Kier molecular flexibility index (Phi) is 8.77. The lowest BCUT2D eigenvalue weighted by Gasteiger charge is -2.36. The highest BCUT2D eigenvalue weighted by atomic mass is 35.5. The van der Waals surface area contributed by atoms with Crippen molar-refractivity contribution in [2.24, 2.45) is 5.92 Å². The minimum atomic E-state index is -0.409. The first-order chi connectivity index (χ1) is 17.3. The average Bonchev–Trinajstić information content (AvgIpc) is 3.34. The Hall–Kier alpha value is -2.75. The lowest BCUT2D eigenvalue weighted by Crippen LogP contribution is -2.49. The van der Waals surface area contributed by atoms with Gasteiger partial charge in [-0.1, -0.05) is 67.0 Å². The van der Waals surface area contributed by atoms with E-state index in [1.54, 1.807) is 12.1 Å². The molecule has 3 aromatic rings. The molecule has 1 saturated heterocycles. The molecule has 0 bridgehead atoms. The van der Waals surface area contributed by atoms with Crippen LogP contribution >= 0.6 is 35.0 Å². The van der Waals surface area contributed by atoms with Crippen LogP contribution < -0.4 is 10.2 Å². The summed E-state index contributed by atoms with van der Waals surface area (Å²) in [5, 5.41) is 11.3. The van der Waals surface area contributed by atoms with Gasteiger partial charge in [-0.05, 0) is 36.2 Å². The molecule has 1 aliphatic heterocycles. The number of para-hydroxylation sites is 1. The molecule has 2 heterocycles. The van der Waals surface area contributed by atoms with E-state index >= 15 is 0 Å². The Bertz CT molecular complexity index is 1200. The summed E-state index contributed by atoms with van der Waals surface area (Å²) < 4.78 is 0. The van der Waals surface area contributed by atoms with Crippen molar-refractivity contribution in [3.8, 4) is 0 Å². The minimum Gasteiger partial charge on any atom is -0.368 e. The number of rotatable bonds is 8. The lowest BCUT2D eigenvalue weighted by atomic mass is 10.0. The fourth-order valence-electron chi connectivity index (χ4n) is 3.98. The van der Waals surface area contributed by atoms with Crippen molar-refractivity contribution in [1.82, 2.24) is 25.4 Å². The van der Waals surface area contributed by atoms with Gasteiger partial charge >= 0.3 is 0 Å². The predicted molar refractivity (Wildman–Crippen MR) is 144 cm³/mol. The van der Waals surface area contributed by atoms with Crippen LogP contribution in [0.1, 0.15) is 36.1 Å². The highest BCUT2D eigenvalue weighted by molar-refractivity contribution is 7.99. The van der Waals surface area contributed by atoms with Gasteiger partial charge in [-0.25, -0.2) is 4.98 Å². The first-order valence-corrected chi connectivity index (χ1v) is 13.4.